The van der Waals surface area contributed by atoms with Crippen molar-refractivity contribution in [2.45, 2.75) is 46.1 Å². The van der Waals surface area contributed by atoms with Gasteiger partial charge in [-0.2, -0.15) is 4.31 Å². The van der Waals surface area contributed by atoms with Gasteiger partial charge in [-0.25, -0.2) is 8.42 Å². The van der Waals surface area contributed by atoms with Crippen LogP contribution in [0.5, 0.6) is 0 Å². The van der Waals surface area contributed by atoms with Crippen LogP contribution >= 0.6 is 0 Å². The van der Waals surface area contributed by atoms with Gasteiger partial charge in [0.15, 0.2) is 0 Å². The van der Waals surface area contributed by atoms with Crippen molar-refractivity contribution in [2.24, 2.45) is 0 Å². The maximum atomic E-state index is 12.6. The highest BCUT2D eigenvalue weighted by atomic mass is 32.2. The molecule has 6 nitrogen and oxygen atoms in total. The molecule has 7 heteroatoms. The Kier molecular flexibility index (Phi) is 6.69. The van der Waals surface area contributed by atoms with Crippen LogP contribution < -0.4 is 10.2 Å². The zero-order valence-electron chi connectivity index (χ0n) is 16.3. The van der Waals surface area contributed by atoms with E-state index < -0.39 is 21.7 Å². The summed E-state index contributed by atoms with van der Waals surface area (Å²) < 4.78 is 26.6. The lowest BCUT2D eigenvalue weighted by atomic mass is 9.99. The number of nitrogens with zero attached hydrogens (tertiary/aromatic N) is 2. The largest absolute Gasteiger partial charge is 0.369 e. The lowest BCUT2D eigenvalue weighted by Crippen LogP contribution is -2.52. The molecule has 1 amide bonds. The Labute approximate surface area is 157 Å². The monoisotopic (exact) mass is 381 g/mol. The molecule has 1 heterocycles. The highest BCUT2D eigenvalue weighted by Gasteiger charge is 2.30. The molecule has 0 aromatic heterocycles. The van der Waals surface area contributed by atoms with Gasteiger partial charge in [0, 0.05) is 37.4 Å². The quantitative estimate of drug-likeness (QED) is 0.786. The molecule has 1 aliphatic rings. The Morgan fingerprint density at radius 2 is 1.85 bits per heavy atom. The zero-order chi connectivity index (χ0) is 19.4. The number of piperazine rings is 1. The van der Waals surface area contributed by atoms with Crippen LogP contribution in [-0.4, -0.2) is 56.1 Å². The van der Waals surface area contributed by atoms with Gasteiger partial charge >= 0.3 is 0 Å². The molecule has 0 unspecified atom stereocenters. The number of hydrogen-bond donors (Lipinski definition) is 1. The van der Waals surface area contributed by atoms with E-state index >= 15 is 0 Å². The predicted molar refractivity (Wildman–Crippen MR) is 106 cm³/mol. The van der Waals surface area contributed by atoms with Crippen LogP contribution in [0, 0.1) is 6.92 Å². The summed E-state index contributed by atoms with van der Waals surface area (Å²) in [5.41, 5.74) is 1.91. The Morgan fingerprint density at radius 1 is 1.19 bits per heavy atom. The fourth-order valence-corrected chi connectivity index (χ4v) is 4.71. The fraction of sp³-hybridized carbons (Fsp3) is 0.632. The van der Waals surface area contributed by atoms with Crippen molar-refractivity contribution >= 4 is 21.6 Å². The van der Waals surface area contributed by atoms with Crippen molar-refractivity contribution in [3.05, 3.63) is 29.8 Å². The molecule has 26 heavy (non-hydrogen) atoms. The Bertz CT molecular complexity index is 723. The molecule has 1 aromatic carbocycles. The highest BCUT2D eigenvalue weighted by Crippen LogP contribution is 2.19. The molecule has 0 radical (unpaired) electrons. The van der Waals surface area contributed by atoms with E-state index in [4.69, 9.17) is 0 Å². The van der Waals surface area contributed by atoms with Crippen LogP contribution in [0.25, 0.3) is 0 Å². The van der Waals surface area contributed by atoms with Gasteiger partial charge in [0.05, 0.1) is 0 Å². The minimum Gasteiger partial charge on any atom is -0.369 e. The van der Waals surface area contributed by atoms with E-state index in [1.165, 1.54) is 9.87 Å². The third kappa shape index (κ3) is 5.71. The van der Waals surface area contributed by atoms with Gasteiger partial charge in [-0.1, -0.05) is 25.5 Å². The third-order valence-corrected chi connectivity index (χ3v) is 6.44. The van der Waals surface area contributed by atoms with Crippen LogP contribution in [0.2, 0.25) is 0 Å². The number of sulfonamides is 1. The lowest BCUT2D eigenvalue weighted by Gasteiger charge is -2.35. The molecule has 1 saturated heterocycles. The first-order valence-corrected chi connectivity index (χ1v) is 10.8. The molecule has 0 atom stereocenters. The Balaban J connectivity index is 1.92. The SMILES string of the molecule is CCCC(C)(C)NC(=O)CS(=O)(=O)N1CCN(c2cccc(C)c2)CC1. The third-order valence-electron chi connectivity index (χ3n) is 4.67. The summed E-state index contributed by atoms with van der Waals surface area (Å²) in [7, 11) is -3.59. The van der Waals surface area contributed by atoms with Crippen LogP contribution in [0.15, 0.2) is 24.3 Å². The molecular weight excluding hydrogens is 350 g/mol. The van der Waals surface area contributed by atoms with Crippen molar-refractivity contribution in [3.63, 3.8) is 0 Å². The normalized spacial score (nSPS) is 16.5. The zero-order valence-corrected chi connectivity index (χ0v) is 17.1. The number of nitrogens with one attached hydrogen (secondary N) is 1. The highest BCUT2D eigenvalue weighted by molar-refractivity contribution is 7.89. The summed E-state index contributed by atoms with van der Waals surface area (Å²) in [5.74, 6) is -0.908. The van der Waals surface area contributed by atoms with Crippen molar-refractivity contribution in [2.75, 3.05) is 36.8 Å². The van der Waals surface area contributed by atoms with Gasteiger partial charge in [-0.05, 0) is 44.9 Å². The predicted octanol–water partition coefficient (Wildman–Crippen LogP) is 2.14. The molecule has 0 bridgehead atoms. The smallest absolute Gasteiger partial charge is 0.237 e. The van der Waals surface area contributed by atoms with Crippen LogP contribution in [0.4, 0.5) is 5.69 Å². The number of amides is 1. The standard InChI is InChI=1S/C19H31N3O3S/c1-5-9-19(3,4)20-18(23)15-26(24,25)22-12-10-21(11-13-22)17-8-6-7-16(2)14-17/h6-8,14H,5,9-13,15H2,1-4H3,(H,20,23). The van der Waals surface area contributed by atoms with E-state index in [2.05, 4.69) is 16.3 Å². The van der Waals surface area contributed by atoms with Crippen LogP contribution in [0.3, 0.4) is 0 Å². The summed E-state index contributed by atoms with van der Waals surface area (Å²) in [6.07, 6.45) is 1.74. The van der Waals surface area contributed by atoms with E-state index in [1.807, 2.05) is 45.9 Å². The first kappa shape index (κ1) is 20.7. The average Bonchev–Trinajstić information content (AvgIpc) is 2.53. The summed E-state index contributed by atoms with van der Waals surface area (Å²) in [5, 5.41) is 2.84. The maximum Gasteiger partial charge on any atom is 0.237 e. The Hall–Kier alpha value is -1.60. The number of carbonyl (C=O) groups excluding carboxylic acids is 1. The fourth-order valence-electron chi connectivity index (χ4n) is 3.41. The minimum atomic E-state index is -3.59. The van der Waals surface area contributed by atoms with E-state index in [9.17, 15) is 13.2 Å². The second kappa shape index (κ2) is 8.39. The summed E-state index contributed by atoms with van der Waals surface area (Å²) in [4.78, 5) is 14.4. The summed E-state index contributed by atoms with van der Waals surface area (Å²) >= 11 is 0. The van der Waals surface area contributed by atoms with Gasteiger partial charge < -0.3 is 10.2 Å². The first-order valence-electron chi connectivity index (χ1n) is 9.23. The second-order valence-electron chi connectivity index (χ2n) is 7.66. The number of hydrogen-bond acceptors (Lipinski definition) is 4. The molecule has 1 N–H and O–H groups in total. The van der Waals surface area contributed by atoms with Gasteiger partial charge in [0.2, 0.25) is 15.9 Å². The summed E-state index contributed by atoms with van der Waals surface area (Å²) in [6.45, 7) is 9.99. The molecule has 0 aliphatic carbocycles. The van der Waals surface area contributed by atoms with E-state index in [1.54, 1.807) is 0 Å². The minimum absolute atomic E-state index is 0.384. The molecule has 2 rings (SSSR count). The molecule has 0 spiro atoms. The molecular formula is C19H31N3O3S. The van der Waals surface area contributed by atoms with Gasteiger partial charge in [-0.3, -0.25) is 4.79 Å². The van der Waals surface area contributed by atoms with E-state index in [0.29, 0.717) is 26.2 Å². The second-order valence-corrected chi connectivity index (χ2v) is 9.63. The topological polar surface area (TPSA) is 69.7 Å². The van der Waals surface area contributed by atoms with Gasteiger partial charge in [0.25, 0.3) is 0 Å². The molecule has 0 saturated carbocycles. The van der Waals surface area contributed by atoms with Gasteiger partial charge in [0.1, 0.15) is 5.75 Å². The number of rotatable bonds is 7. The van der Waals surface area contributed by atoms with Crippen LogP contribution in [0.1, 0.15) is 39.2 Å². The number of anilines is 1. The van der Waals surface area contributed by atoms with Gasteiger partial charge in [-0.15, -0.1) is 0 Å². The average molecular weight is 382 g/mol. The Morgan fingerprint density at radius 3 is 2.42 bits per heavy atom. The molecule has 1 aromatic rings. The van der Waals surface area contributed by atoms with Crippen molar-refractivity contribution < 1.29 is 13.2 Å². The lowest BCUT2D eigenvalue weighted by molar-refractivity contribution is -0.120. The van der Waals surface area contributed by atoms with Crippen LogP contribution in [-0.2, 0) is 14.8 Å². The van der Waals surface area contributed by atoms with Crippen molar-refractivity contribution in [1.29, 1.82) is 0 Å². The molecule has 1 fully saturated rings. The number of benzene rings is 1. The number of aryl methyl sites for hydroxylation is 1. The first-order chi connectivity index (χ1) is 12.1. The van der Waals surface area contributed by atoms with E-state index in [-0.39, 0.29) is 5.54 Å². The molecule has 146 valence electrons. The summed E-state index contributed by atoms with van der Waals surface area (Å²) in [6, 6.07) is 8.20. The van der Waals surface area contributed by atoms with Crippen molar-refractivity contribution in [3.8, 4) is 0 Å². The maximum absolute atomic E-state index is 12.6. The number of carbonyl (C=O) groups is 1. The van der Waals surface area contributed by atoms with E-state index in [0.717, 1.165) is 18.5 Å². The van der Waals surface area contributed by atoms with Crippen molar-refractivity contribution in [1.82, 2.24) is 9.62 Å². The molecule has 1 aliphatic heterocycles.